The van der Waals surface area contributed by atoms with E-state index in [1.54, 1.807) is 12.4 Å². The van der Waals surface area contributed by atoms with Gasteiger partial charge in [-0.1, -0.05) is 0 Å². The summed E-state index contributed by atoms with van der Waals surface area (Å²) in [6.45, 7) is 2.13. The maximum absolute atomic E-state index is 4.49. The van der Waals surface area contributed by atoms with Crippen LogP contribution in [0.2, 0.25) is 0 Å². The number of rotatable bonds is 4. The van der Waals surface area contributed by atoms with Gasteiger partial charge in [-0.3, -0.25) is 0 Å². The van der Waals surface area contributed by atoms with Crippen LogP contribution in [0.25, 0.3) is 0 Å². The number of piperidine rings is 1. The van der Waals surface area contributed by atoms with Crippen LogP contribution in [0.15, 0.2) is 28.8 Å². The molecular formula is C14H18N6S. The maximum atomic E-state index is 4.49. The third kappa shape index (κ3) is 2.80. The van der Waals surface area contributed by atoms with Crippen LogP contribution in [-0.4, -0.2) is 37.8 Å². The van der Waals surface area contributed by atoms with Crippen molar-refractivity contribution in [2.75, 3.05) is 13.1 Å². The number of hydrogen-bond acceptors (Lipinski definition) is 6. The Hall–Kier alpha value is -1.47. The Morgan fingerprint density at radius 2 is 2.00 bits per heavy atom. The number of hydrogen-bond donors (Lipinski definition) is 1. The Balaban J connectivity index is 1.63. The zero-order valence-corrected chi connectivity index (χ0v) is 12.6. The Morgan fingerprint density at radius 1 is 1.14 bits per heavy atom. The van der Waals surface area contributed by atoms with E-state index in [-0.39, 0.29) is 0 Å². The third-order valence-electron chi connectivity index (χ3n) is 3.99. The van der Waals surface area contributed by atoms with Gasteiger partial charge >= 0.3 is 0 Å². The summed E-state index contributed by atoms with van der Waals surface area (Å²) in [5.74, 6) is 1.63. The second-order valence-corrected chi connectivity index (χ2v) is 6.55. The predicted octanol–water partition coefficient (Wildman–Crippen LogP) is 2.02. The molecule has 1 unspecified atom stereocenters. The molecule has 0 aromatic carbocycles. The van der Waals surface area contributed by atoms with Crippen molar-refractivity contribution in [2.45, 2.75) is 48.0 Å². The summed E-state index contributed by atoms with van der Waals surface area (Å²) in [6, 6.07) is 2.40. The quantitative estimate of drug-likeness (QED) is 0.872. The molecule has 2 aliphatic rings. The number of nitrogens with one attached hydrogen (secondary N) is 1. The van der Waals surface area contributed by atoms with Crippen LogP contribution in [0.1, 0.15) is 43.5 Å². The van der Waals surface area contributed by atoms with Gasteiger partial charge in [-0.2, -0.15) is 0 Å². The average Bonchev–Trinajstić information content (AvgIpc) is 3.30. The van der Waals surface area contributed by atoms with E-state index >= 15 is 0 Å². The molecule has 7 heteroatoms. The van der Waals surface area contributed by atoms with Crippen molar-refractivity contribution < 1.29 is 0 Å². The monoisotopic (exact) mass is 302 g/mol. The van der Waals surface area contributed by atoms with Crippen molar-refractivity contribution in [1.29, 1.82) is 0 Å². The van der Waals surface area contributed by atoms with Crippen molar-refractivity contribution >= 4 is 11.8 Å². The van der Waals surface area contributed by atoms with Gasteiger partial charge in [0, 0.05) is 30.9 Å². The summed E-state index contributed by atoms with van der Waals surface area (Å²) in [5, 5.41) is 14.0. The molecule has 1 aliphatic heterocycles. The zero-order chi connectivity index (χ0) is 14.1. The van der Waals surface area contributed by atoms with Gasteiger partial charge in [0.05, 0.1) is 0 Å². The molecule has 0 spiro atoms. The molecular weight excluding hydrogens is 284 g/mol. The minimum absolute atomic E-state index is 0.484. The average molecular weight is 302 g/mol. The first-order valence-corrected chi connectivity index (χ1v) is 8.34. The summed E-state index contributed by atoms with van der Waals surface area (Å²) in [6.07, 6.45) is 8.40. The van der Waals surface area contributed by atoms with E-state index in [2.05, 4.69) is 30.0 Å². The van der Waals surface area contributed by atoms with Crippen LogP contribution < -0.4 is 5.32 Å². The fraction of sp³-hybridized carbons (Fsp3) is 0.571. The van der Waals surface area contributed by atoms with Gasteiger partial charge in [0.25, 0.3) is 0 Å². The van der Waals surface area contributed by atoms with Gasteiger partial charge < -0.3 is 9.88 Å². The maximum Gasteiger partial charge on any atom is 0.199 e. The van der Waals surface area contributed by atoms with Crippen molar-refractivity contribution in [3.05, 3.63) is 24.3 Å². The normalized spacial score (nSPS) is 22.4. The molecule has 1 aliphatic carbocycles. The van der Waals surface area contributed by atoms with Crippen LogP contribution in [0.3, 0.4) is 0 Å². The molecule has 110 valence electrons. The number of nitrogens with zero attached hydrogens (tertiary/aromatic N) is 5. The van der Waals surface area contributed by atoms with Gasteiger partial charge in [0.1, 0.15) is 5.82 Å². The second-order valence-electron chi connectivity index (χ2n) is 5.62. The minimum Gasteiger partial charge on any atom is -0.316 e. The molecule has 1 saturated carbocycles. The van der Waals surface area contributed by atoms with Gasteiger partial charge in [0.2, 0.25) is 0 Å². The smallest absolute Gasteiger partial charge is 0.199 e. The Bertz CT molecular complexity index is 603. The Kier molecular flexibility index (Phi) is 3.60. The summed E-state index contributed by atoms with van der Waals surface area (Å²) < 4.78 is 2.33. The zero-order valence-electron chi connectivity index (χ0n) is 11.8. The van der Waals surface area contributed by atoms with Gasteiger partial charge in [0.15, 0.2) is 10.3 Å². The molecule has 2 fully saturated rings. The Morgan fingerprint density at radius 3 is 2.71 bits per heavy atom. The van der Waals surface area contributed by atoms with Crippen molar-refractivity contribution in [3.63, 3.8) is 0 Å². The van der Waals surface area contributed by atoms with E-state index in [1.165, 1.54) is 37.4 Å². The summed E-state index contributed by atoms with van der Waals surface area (Å²) in [5.41, 5.74) is 0. The lowest BCUT2D eigenvalue weighted by molar-refractivity contribution is 0.428. The van der Waals surface area contributed by atoms with Crippen molar-refractivity contribution in [3.8, 4) is 0 Å². The molecule has 4 rings (SSSR count). The molecule has 1 saturated heterocycles. The van der Waals surface area contributed by atoms with E-state index in [0.717, 1.165) is 29.2 Å². The molecule has 0 radical (unpaired) electrons. The molecule has 2 aromatic heterocycles. The van der Waals surface area contributed by atoms with Crippen molar-refractivity contribution in [2.24, 2.45) is 0 Å². The fourth-order valence-corrected chi connectivity index (χ4v) is 3.62. The standard InChI is InChI=1S/C14H18N6S/c1-3-10(9-15-6-1)12-18-19-14(20(12)11-4-5-11)21-13-16-7-2-8-17-13/h2,7-8,10-11,15H,1,3-6,9H2. The molecule has 0 amide bonds. The fourth-order valence-electron chi connectivity index (χ4n) is 2.80. The third-order valence-corrected chi connectivity index (χ3v) is 4.84. The van der Waals surface area contributed by atoms with Crippen LogP contribution >= 0.6 is 11.8 Å². The van der Waals surface area contributed by atoms with Crippen LogP contribution in [0.4, 0.5) is 0 Å². The highest BCUT2D eigenvalue weighted by atomic mass is 32.2. The molecule has 21 heavy (non-hydrogen) atoms. The van der Waals surface area contributed by atoms with E-state index in [1.807, 2.05) is 6.07 Å². The highest BCUT2D eigenvalue weighted by Gasteiger charge is 2.33. The lowest BCUT2D eigenvalue weighted by Gasteiger charge is -2.22. The lowest BCUT2D eigenvalue weighted by atomic mass is 9.99. The molecule has 1 N–H and O–H groups in total. The van der Waals surface area contributed by atoms with E-state index < -0.39 is 0 Å². The van der Waals surface area contributed by atoms with Crippen LogP contribution in [0.5, 0.6) is 0 Å². The van der Waals surface area contributed by atoms with Crippen LogP contribution in [-0.2, 0) is 0 Å². The number of aromatic nitrogens is 5. The van der Waals surface area contributed by atoms with Gasteiger partial charge in [-0.25, -0.2) is 9.97 Å². The van der Waals surface area contributed by atoms with Crippen LogP contribution in [0, 0.1) is 0 Å². The highest BCUT2D eigenvalue weighted by molar-refractivity contribution is 7.99. The summed E-state index contributed by atoms with van der Waals surface area (Å²) in [4.78, 5) is 8.55. The van der Waals surface area contributed by atoms with E-state index in [0.29, 0.717) is 12.0 Å². The summed E-state index contributed by atoms with van der Waals surface area (Å²) in [7, 11) is 0. The molecule has 2 aromatic rings. The SMILES string of the molecule is c1cnc(Sc2nnc(C3CCCNC3)n2C2CC2)nc1. The molecule has 6 nitrogen and oxygen atoms in total. The largest absolute Gasteiger partial charge is 0.316 e. The Labute approximate surface area is 127 Å². The summed E-state index contributed by atoms with van der Waals surface area (Å²) >= 11 is 1.51. The predicted molar refractivity (Wildman–Crippen MR) is 79.3 cm³/mol. The molecule has 3 heterocycles. The molecule has 0 bridgehead atoms. The first kappa shape index (κ1) is 13.2. The first-order chi connectivity index (χ1) is 10.4. The van der Waals surface area contributed by atoms with Gasteiger partial charge in [-0.15, -0.1) is 10.2 Å². The van der Waals surface area contributed by atoms with Gasteiger partial charge in [-0.05, 0) is 50.1 Å². The van der Waals surface area contributed by atoms with Crippen molar-refractivity contribution in [1.82, 2.24) is 30.0 Å². The first-order valence-electron chi connectivity index (χ1n) is 7.52. The molecule has 1 atom stereocenters. The topological polar surface area (TPSA) is 68.5 Å². The minimum atomic E-state index is 0.484. The van der Waals surface area contributed by atoms with E-state index in [4.69, 9.17) is 0 Å². The van der Waals surface area contributed by atoms with E-state index in [9.17, 15) is 0 Å². The highest BCUT2D eigenvalue weighted by Crippen LogP contribution is 2.41. The second kappa shape index (κ2) is 5.73. The lowest BCUT2D eigenvalue weighted by Crippen LogP contribution is -2.30.